The molecule has 2 aromatic carbocycles. The third kappa shape index (κ3) is 5.12. The quantitative estimate of drug-likeness (QED) is 0.269. The predicted octanol–water partition coefficient (Wildman–Crippen LogP) is 3.24. The monoisotopic (exact) mass is 514 g/mol. The molecular formula is C28H27FN6O3. The first-order valence-corrected chi connectivity index (χ1v) is 12.2. The molecule has 5 rings (SSSR count). The number of halogens is 1. The van der Waals surface area contributed by atoms with Crippen molar-refractivity contribution < 1.29 is 19.1 Å². The fraction of sp³-hybridized carbons (Fsp3) is 0.214. The van der Waals surface area contributed by atoms with E-state index in [9.17, 15) is 19.1 Å². The van der Waals surface area contributed by atoms with Gasteiger partial charge in [0.25, 0.3) is 5.91 Å². The van der Waals surface area contributed by atoms with Crippen LogP contribution >= 0.6 is 0 Å². The van der Waals surface area contributed by atoms with E-state index < -0.39 is 6.10 Å². The van der Waals surface area contributed by atoms with Gasteiger partial charge in [-0.05, 0) is 60.4 Å². The fourth-order valence-corrected chi connectivity index (χ4v) is 4.70. The molecule has 194 valence electrons. The average Bonchev–Trinajstić information content (AvgIpc) is 3.58. The van der Waals surface area contributed by atoms with Gasteiger partial charge in [-0.15, -0.1) is 0 Å². The van der Waals surface area contributed by atoms with Gasteiger partial charge in [-0.2, -0.15) is 15.0 Å². The van der Waals surface area contributed by atoms with E-state index in [0.29, 0.717) is 28.1 Å². The third-order valence-electron chi connectivity index (χ3n) is 6.60. The maximum atomic E-state index is 14.0. The van der Waals surface area contributed by atoms with Crippen molar-refractivity contribution >= 4 is 29.2 Å². The van der Waals surface area contributed by atoms with Gasteiger partial charge in [0.2, 0.25) is 5.91 Å². The van der Waals surface area contributed by atoms with Gasteiger partial charge in [-0.25, -0.2) is 4.39 Å². The van der Waals surface area contributed by atoms with Crippen molar-refractivity contribution in [1.29, 1.82) is 0 Å². The standard InChI is InChI=1S/C28H27FN6O3/c1-16-22(13-26(37)30-14-20(36)15-35-31-9-10-32-35)17(2)33-25(16)12-23-27-21(18-5-3-6-19(29)11-18)7-4-8-24(27)34-28(23)38/h3-12,20,33,36H,13-15H2,1-2H3,(H,30,37)(H,34,38)/b23-12-. The number of nitrogens with zero attached hydrogens (tertiary/aromatic N) is 3. The van der Waals surface area contributed by atoms with Crippen LogP contribution in [0.15, 0.2) is 54.9 Å². The minimum Gasteiger partial charge on any atom is -0.389 e. The van der Waals surface area contributed by atoms with Crippen LogP contribution in [0.25, 0.3) is 22.8 Å². The maximum Gasteiger partial charge on any atom is 0.256 e. The number of nitrogens with one attached hydrogen (secondary N) is 3. The number of aliphatic hydroxyl groups is 1. The molecule has 4 aromatic rings. The summed E-state index contributed by atoms with van der Waals surface area (Å²) in [5.74, 6) is -0.845. The molecule has 2 aromatic heterocycles. The lowest BCUT2D eigenvalue weighted by atomic mass is 9.94. The minimum atomic E-state index is -0.826. The van der Waals surface area contributed by atoms with E-state index in [1.807, 2.05) is 38.1 Å². The highest BCUT2D eigenvalue weighted by Crippen LogP contribution is 2.40. The number of fused-ring (bicyclic) bond motifs is 1. The lowest BCUT2D eigenvalue weighted by molar-refractivity contribution is -0.121. The number of amides is 2. The summed E-state index contributed by atoms with van der Waals surface area (Å²) in [6.07, 6.45) is 4.10. The number of aryl methyl sites for hydroxylation is 1. The Labute approximate surface area is 218 Å². The van der Waals surface area contributed by atoms with Crippen LogP contribution in [-0.4, -0.2) is 49.5 Å². The summed E-state index contributed by atoms with van der Waals surface area (Å²) >= 11 is 0. The van der Waals surface area contributed by atoms with Gasteiger partial charge in [0.05, 0.1) is 37.0 Å². The van der Waals surface area contributed by atoms with Crippen molar-refractivity contribution in [2.45, 2.75) is 32.9 Å². The Kier molecular flexibility index (Phi) is 6.89. The van der Waals surface area contributed by atoms with Crippen molar-refractivity contribution in [3.8, 4) is 11.1 Å². The van der Waals surface area contributed by atoms with Crippen molar-refractivity contribution in [2.75, 3.05) is 11.9 Å². The molecule has 38 heavy (non-hydrogen) atoms. The second-order valence-corrected chi connectivity index (χ2v) is 9.24. The summed E-state index contributed by atoms with van der Waals surface area (Å²) in [5, 5.41) is 23.7. The van der Waals surface area contributed by atoms with E-state index in [1.165, 1.54) is 29.3 Å². The molecule has 1 unspecified atom stereocenters. The molecule has 2 amide bonds. The van der Waals surface area contributed by atoms with Crippen LogP contribution < -0.4 is 10.6 Å². The number of hydrogen-bond donors (Lipinski definition) is 4. The van der Waals surface area contributed by atoms with Crippen molar-refractivity contribution in [2.24, 2.45) is 0 Å². The van der Waals surface area contributed by atoms with Crippen LogP contribution in [0.1, 0.15) is 28.1 Å². The highest BCUT2D eigenvalue weighted by Gasteiger charge is 2.28. The Morgan fingerprint density at radius 2 is 1.95 bits per heavy atom. The lowest BCUT2D eigenvalue weighted by Crippen LogP contribution is -2.35. The van der Waals surface area contributed by atoms with Gasteiger partial charge < -0.3 is 20.7 Å². The van der Waals surface area contributed by atoms with Crippen LogP contribution in [0, 0.1) is 19.7 Å². The molecule has 0 saturated heterocycles. The van der Waals surface area contributed by atoms with E-state index in [4.69, 9.17) is 0 Å². The molecule has 3 heterocycles. The number of carbonyl (C=O) groups is 2. The zero-order valence-corrected chi connectivity index (χ0v) is 21.0. The van der Waals surface area contributed by atoms with Crippen LogP contribution in [0.5, 0.6) is 0 Å². The SMILES string of the molecule is Cc1[nH]c(/C=C2\C(=O)Nc3cccc(-c4cccc(F)c4)c32)c(C)c1CC(=O)NCC(O)Cn1nccn1. The van der Waals surface area contributed by atoms with E-state index in [-0.39, 0.29) is 37.1 Å². The summed E-state index contributed by atoms with van der Waals surface area (Å²) < 4.78 is 14.0. The number of rotatable bonds is 8. The molecule has 1 atom stereocenters. The highest BCUT2D eigenvalue weighted by atomic mass is 19.1. The molecule has 0 fully saturated rings. The van der Waals surface area contributed by atoms with Gasteiger partial charge >= 0.3 is 0 Å². The second-order valence-electron chi connectivity index (χ2n) is 9.24. The first-order valence-electron chi connectivity index (χ1n) is 12.2. The number of aromatic nitrogens is 4. The summed E-state index contributed by atoms with van der Waals surface area (Å²) in [6, 6.07) is 11.8. The first-order chi connectivity index (χ1) is 18.3. The molecule has 0 bridgehead atoms. The van der Waals surface area contributed by atoms with Gasteiger partial charge in [0.1, 0.15) is 5.82 Å². The Morgan fingerprint density at radius 3 is 2.71 bits per heavy atom. The number of benzene rings is 2. The predicted molar refractivity (Wildman–Crippen MR) is 141 cm³/mol. The fourth-order valence-electron chi connectivity index (χ4n) is 4.70. The Balaban J connectivity index is 1.37. The minimum absolute atomic E-state index is 0.0691. The van der Waals surface area contributed by atoms with Crippen molar-refractivity contribution in [1.82, 2.24) is 25.3 Å². The zero-order chi connectivity index (χ0) is 26.8. The molecule has 1 aliphatic rings. The number of hydrogen-bond acceptors (Lipinski definition) is 5. The van der Waals surface area contributed by atoms with Crippen LogP contribution in [0.4, 0.5) is 10.1 Å². The summed E-state index contributed by atoms with van der Waals surface area (Å²) in [5.41, 5.74) is 6.41. The lowest BCUT2D eigenvalue weighted by Gasteiger charge is -2.11. The summed E-state index contributed by atoms with van der Waals surface area (Å²) in [7, 11) is 0. The van der Waals surface area contributed by atoms with E-state index >= 15 is 0 Å². The largest absolute Gasteiger partial charge is 0.389 e. The second kappa shape index (κ2) is 10.4. The normalized spacial score (nSPS) is 14.4. The summed E-state index contributed by atoms with van der Waals surface area (Å²) in [6.45, 7) is 4.01. The number of carbonyl (C=O) groups excluding carboxylic acids is 2. The Hall–Kier alpha value is -4.57. The van der Waals surface area contributed by atoms with Gasteiger partial charge in [0, 0.05) is 29.2 Å². The van der Waals surface area contributed by atoms with Crippen LogP contribution in [0.3, 0.4) is 0 Å². The van der Waals surface area contributed by atoms with E-state index in [1.54, 1.807) is 12.1 Å². The highest BCUT2D eigenvalue weighted by molar-refractivity contribution is 6.36. The zero-order valence-electron chi connectivity index (χ0n) is 21.0. The number of H-pyrrole nitrogens is 1. The average molecular weight is 515 g/mol. The van der Waals surface area contributed by atoms with Gasteiger partial charge in [-0.1, -0.05) is 24.3 Å². The van der Waals surface area contributed by atoms with Crippen molar-refractivity contribution in [3.05, 3.63) is 88.8 Å². The van der Waals surface area contributed by atoms with Gasteiger partial charge in [-0.3, -0.25) is 9.59 Å². The van der Waals surface area contributed by atoms with E-state index in [0.717, 1.165) is 22.4 Å². The molecule has 0 radical (unpaired) electrons. The Morgan fingerprint density at radius 1 is 1.18 bits per heavy atom. The first kappa shape index (κ1) is 25.1. The van der Waals surface area contributed by atoms with Crippen LogP contribution in [-0.2, 0) is 22.6 Å². The maximum absolute atomic E-state index is 14.0. The van der Waals surface area contributed by atoms with Crippen LogP contribution in [0.2, 0.25) is 0 Å². The van der Waals surface area contributed by atoms with Gasteiger partial charge in [0.15, 0.2) is 0 Å². The topological polar surface area (TPSA) is 125 Å². The third-order valence-corrected chi connectivity index (χ3v) is 6.60. The molecule has 1 aliphatic heterocycles. The summed E-state index contributed by atoms with van der Waals surface area (Å²) in [4.78, 5) is 30.3. The molecule has 10 heteroatoms. The van der Waals surface area contributed by atoms with E-state index in [2.05, 4.69) is 25.8 Å². The molecule has 0 spiro atoms. The number of anilines is 1. The molecule has 0 saturated carbocycles. The molecule has 9 nitrogen and oxygen atoms in total. The Bertz CT molecular complexity index is 1540. The number of aromatic amines is 1. The molecule has 4 N–H and O–H groups in total. The molecular weight excluding hydrogens is 487 g/mol. The van der Waals surface area contributed by atoms with Crippen molar-refractivity contribution in [3.63, 3.8) is 0 Å². The number of aliphatic hydroxyl groups excluding tert-OH is 1. The smallest absolute Gasteiger partial charge is 0.256 e. The molecule has 0 aliphatic carbocycles.